The van der Waals surface area contributed by atoms with E-state index in [0.29, 0.717) is 29.2 Å². The maximum atomic E-state index is 13.2. The Kier molecular flexibility index (Phi) is 6.89. The van der Waals surface area contributed by atoms with Gasteiger partial charge in [-0.1, -0.05) is 68.4 Å². The molecule has 1 heterocycles. The molecule has 0 radical (unpaired) electrons. The number of fused-ring (bicyclic) bond motifs is 1. The fourth-order valence-electron chi connectivity index (χ4n) is 4.08. The van der Waals surface area contributed by atoms with E-state index in [1.165, 1.54) is 0 Å². The van der Waals surface area contributed by atoms with Crippen LogP contribution in [0.5, 0.6) is 0 Å². The topological polar surface area (TPSA) is 71.3 Å². The maximum absolute atomic E-state index is 13.2. The van der Waals surface area contributed by atoms with E-state index in [1.54, 1.807) is 24.5 Å². The Bertz CT molecular complexity index is 1240. The van der Waals surface area contributed by atoms with Crippen molar-refractivity contribution < 1.29 is 14.0 Å². The summed E-state index contributed by atoms with van der Waals surface area (Å²) in [6.45, 7) is 4.54. The average Bonchev–Trinajstić information content (AvgIpc) is 3.31. The monoisotopic (exact) mass is 440 g/mol. The van der Waals surface area contributed by atoms with Crippen molar-refractivity contribution in [2.24, 2.45) is 5.92 Å². The fraction of sp³-hybridized carbons (Fsp3) is 0.214. The third-order valence-corrected chi connectivity index (χ3v) is 5.60. The molecular formula is C28H28N2O3. The van der Waals surface area contributed by atoms with E-state index in [-0.39, 0.29) is 17.9 Å². The van der Waals surface area contributed by atoms with E-state index in [9.17, 15) is 9.59 Å². The van der Waals surface area contributed by atoms with Gasteiger partial charge in [-0.15, -0.1) is 0 Å². The van der Waals surface area contributed by atoms with Crippen LogP contribution in [0, 0.1) is 5.92 Å². The molecule has 4 aromatic rings. The van der Waals surface area contributed by atoms with Crippen molar-refractivity contribution in [3.8, 4) is 11.1 Å². The molecule has 1 atom stereocenters. The van der Waals surface area contributed by atoms with E-state index >= 15 is 0 Å². The molecule has 0 bridgehead atoms. The van der Waals surface area contributed by atoms with Gasteiger partial charge in [-0.05, 0) is 47.7 Å². The van der Waals surface area contributed by atoms with Gasteiger partial charge in [0.15, 0.2) is 0 Å². The summed E-state index contributed by atoms with van der Waals surface area (Å²) in [7, 11) is 0. The van der Waals surface area contributed by atoms with Gasteiger partial charge in [0, 0.05) is 23.5 Å². The van der Waals surface area contributed by atoms with Crippen LogP contribution >= 0.6 is 0 Å². The van der Waals surface area contributed by atoms with E-state index in [1.807, 2.05) is 60.7 Å². The number of rotatable bonds is 8. The molecule has 168 valence electrons. The molecule has 0 aliphatic heterocycles. The summed E-state index contributed by atoms with van der Waals surface area (Å²) in [5.74, 6) is 0.0230. The van der Waals surface area contributed by atoms with Crippen LogP contribution in [0.4, 0.5) is 0 Å². The molecule has 2 amide bonds. The molecule has 0 fully saturated rings. The molecule has 0 unspecified atom stereocenters. The van der Waals surface area contributed by atoms with Gasteiger partial charge in [0.25, 0.3) is 11.8 Å². The number of hydrogen-bond donors (Lipinski definition) is 2. The minimum absolute atomic E-state index is 0.147. The third-order valence-electron chi connectivity index (χ3n) is 5.60. The van der Waals surface area contributed by atoms with E-state index in [4.69, 9.17) is 4.42 Å². The highest BCUT2D eigenvalue weighted by molar-refractivity contribution is 6.06. The SMILES string of the molecule is CC(C)C[C@H](CNC(=O)c1cccc2occc12)NC(=O)c1ccccc1-c1ccccc1. The highest BCUT2D eigenvalue weighted by atomic mass is 16.3. The first-order chi connectivity index (χ1) is 16.0. The van der Waals surface area contributed by atoms with Crippen LogP contribution in [-0.2, 0) is 0 Å². The highest BCUT2D eigenvalue weighted by Crippen LogP contribution is 2.24. The zero-order chi connectivity index (χ0) is 23.2. The summed E-state index contributed by atoms with van der Waals surface area (Å²) in [6.07, 6.45) is 2.32. The lowest BCUT2D eigenvalue weighted by molar-refractivity contribution is 0.0904. The lowest BCUT2D eigenvalue weighted by Gasteiger charge is -2.22. The average molecular weight is 441 g/mol. The van der Waals surface area contributed by atoms with Gasteiger partial charge in [0.05, 0.1) is 11.8 Å². The summed E-state index contributed by atoms with van der Waals surface area (Å²) < 4.78 is 5.40. The second-order valence-electron chi connectivity index (χ2n) is 8.56. The van der Waals surface area contributed by atoms with Gasteiger partial charge >= 0.3 is 0 Å². The highest BCUT2D eigenvalue weighted by Gasteiger charge is 2.20. The molecule has 4 rings (SSSR count). The Morgan fingerprint density at radius 2 is 1.55 bits per heavy atom. The quantitative estimate of drug-likeness (QED) is 0.371. The van der Waals surface area contributed by atoms with Gasteiger partial charge in [-0.25, -0.2) is 0 Å². The van der Waals surface area contributed by atoms with Crippen LogP contribution in [0.1, 0.15) is 41.0 Å². The van der Waals surface area contributed by atoms with Gasteiger partial charge < -0.3 is 15.1 Å². The Balaban J connectivity index is 1.49. The van der Waals surface area contributed by atoms with Crippen LogP contribution < -0.4 is 10.6 Å². The molecule has 0 saturated heterocycles. The minimum Gasteiger partial charge on any atom is -0.464 e. The van der Waals surface area contributed by atoms with Crippen LogP contribution in [-0.4, -0.2) is 24.4 Å². The summed E-state index contributed by atoms with van der Waals surface area (Å²) in [5, 5.41) is 6.91. The maximum Gasteiger partial charge on any atom is 0.252 e. The molecule has 0 saturated carbocycles. The zero-order valence-corrected chi connectivity index (χ0v) is 18.9. The van der Waals surface area contributed by atoms with Crippen molar-refractivity contribution in [1.82, 2.24) is 10.6 Å². The van der Waals surface area contributed by atoms with Crippen molar-refractivity contribution >= 4 is 22.8 Å². The third kappa shape index (κ3) is 5.32. The minimum atomic E-state index is -0.200. The standard InChI is InChI=1S/C28H28N2O3/c1-19(2)17-21(18-29-27(31)25-13-8-14-26-23(25)15-16-33-26)30-28(32)24-12-7-6-11-22(24)20-9-4-3-5-10-20/h3-16,19,21H,17-18H2,1-2H3,(H,29,31)(H,30,32)/t21-/m1/s1. The largest absolute Gasteiger partial charge is 0.464 e. The summed E-state index contributed by atoms with van der Waals surface area (Å²) in [5.41, 5.74) is 3.73. The number of carbonyl (C=O) groups excluding carboxylic acids is 2. The Morgan fingerprint density at radius 3 is 2.33 bits per heavy atom. The molecule has 3 aromatic carbocycles. The number of nitrogens with one attached hydrogen (secondary N) is 2. The molecule has 0 aliphatic carbocycles. The number of amides is 2. The Morgan fingerprint density at radius 1 is 0.818 bits per heavy atom. The van der Waals surface area contributed by atoms with Crippen LogP contribution in [0.2, 0.25) is 0 Å². The molecule has 1 aromatic heterocycles. The van der Waals surface area contributed by atoms with Gasteiger partial charge in [-0.3, -0.25) is 9.59 Å². The van der Waals surface area contributed by atoms with Crippen molar-refractivity contribution in [1.29, 1.82) is 0 Å². The van der Waals surface area contributed by atoms with Crippen molar-refractivity contribution in [2.75, 3.05) is 6.54 Å². The first kappa shape index (κ1) is 22.3. The first-order valence-electron chi connectivity index (χ1n) is 11.2. The first-order valence-corrected chi connectivity index (χ1v) is 11.2. The second kappa shape index (κ2) is 10.2. The Hall–Kier alpha value is -3.86. The van der Waals surface area contributed by atoms with Crippen LogP contribution in [0.25, 0.3) is 22.1 Å². The molecule has 2 N–H and O–H groups in total. The number of benzene rings is 3. The molecule has 33 heavy (non-hydrogen) atoms. The predicted octanol–water partition coefficient (Wildman–Crippen LogP) is 5.67. The lowest BCUT2D eigenvalue weighted by Crippen LogP contribution is -2.44. The van der Waals surface area contributed by atoms with Crippen LogP contribution in [0.3, 0.4) is 0 Å². The van der Waals surface area contributed by atoms with E-state index in [2.05, 4.69) is 24.5 Å². The van der Waals surface area contributed by atoms with Gasteiger partial charge in [0.1, 0.15) is 5.58 Å². The second-order valence-corrected chi connectivity index (χ2v) is 8.56. The predicted molar refractivity (Wildman–Crippen MR) is 131 cm³/mol. The number of hydrogen-bond acceptors (Lipinski definition) is 3. The smallest absolute Gasteiger partial charge is 0.252 e. The molecule has 0 aliphatic rings. The summed E-state index contributed by atoms with van der Waals surface area (Å²) in [6, 6.07) is 24.5. The number of carbonyl (C=O) groups is 2. The zero-order valence-electron chi connectivity index (χ0n) is 18.9. The van der Waals surface area contributed by atoms with Crippen LogP contribution in [0.15, 0.2) is 89.5 Å². The van der Waals surface area contributed by atoms with E-state index < -0.39 is 0 Å². The van der Waals surface area contributed by atoms with Gasteiger partial charge in [-0.2, -0.15) is 0 Å². The molecule has 5 heteroatoms. The normalized spacial score (nSPS) is 12.0. The molecule has 5 nitrogen and oxygen atoms in total. The summed E-state index contributed by atoms with van der Waals surface area (Å²) in [4.78, 5) is 26.1. The Labute approximate surface area is 193 Å². The van der Waals surface area contributed by atoms with Crippen molar-refractivity contribution in [3.05, 3.63) is 96.3 Å². The van der Waals surface area contributed by atoms with Crippen molar-refractivity contribution in [2.45, 2.75) is 26.3 Å². The van der Waals surface area contributed by atoms with E-state index in [0.717, 1.165) is 22.9 Å². The summed E-state index contributed by atoms with van der Waals surface area (Å²) >= 11 is 0. The van der Waals surface area contributed by atoms with Gasteiger partial charge in [0.2, 0.25) is 0 Å². The number of furan rings is 1. The molecule has 0 spiro atoms. The van der Waals surface area contributed by atoms with Crippen molar-refractivity contribution in [3.63, 3.8) is 0 Å². The molecular weight excluding hydrogens is 412 g/mol. The fourth-order valence-corrected chi connectivity index (χ4v) is 4.08. The lowest BCUT2D eigenvalue weighted by atomic mass is 9.98.